The number of nitrogens with one attached hydrogen (secondary N) is 1. The third-order valence-electron chi connectivity index (χ3n) is 2.90. The van der Waals surface area contributed by atoms with Crippen LogP contribution in [-0.2, 0) is 4.79 Å². The molecule has 0 saturated carbocycles. The molecular formula is C16H15N3O2. The number of hydrogen-bond acceptors (Lipinski definition) is 4. The van der Waals surface area contributed by atoms with E-state index in [1.165, 1.54) is 0 Å². The zero-order valence-electron chi connectivity index (χ0n) is 11.5. The van der Waals surface area contributed by atoms with Gasteiger partial charge in [-0.3, -0.25) is 4.79 Å². The van der Waals surface area contributed by atoms with Gasteiger partial charge in [-0.1, -0.05) is 24.3 Å². The number of nitrogens with two attached hydrogens (primary N) is 1. The third-order valence-corrected chi connectivity index (χ3v) is 2.90. The fraction of sp³-hybridized carbons (Fsp3) is 0.125. The second-order valence-corrected chi connectivity index (χ2v) is 4.44. The molecule has 2 aromatic carbocycles. The summed E-state index contributed by atoms with van der Waals surface area (Å²) >= 11 is 0. The maximum atomic E-state index is 12.1. The summed E-state index contributed by atoms with van der Waals surface area (Å²) in [6.07, 6.45) is -0.751. The smallest absolute Gasteiger partial charge is 0.265 e. The summed E-state index contributed by atoms with van der Waals surface area (Å²) < 4.78 is 5.53. The molecule has 106 valence electrons. The van der Waals surface area contributed by atoms with Crippen LogP contribution < -0.4 is 15.8 Å². The summed E-state index contributed by atoms with van der Waals surface area (Å²) in [5.74, 6) is 0.0457. The predicted octanol–water partition coefficient (Wildman–Crippen LogP) is 2.55. The number of ether oxygens (including phenoxy) is 1. The first-order chi connectivity index (χ1) is 10.1. The number of amides is 1. The number of nitriles is 1. The van der Waals surface area contributed by atoms with Gasteiger partial charge in [-0.05, 0) is 31.2 Å². The molecule has 1 atom stereocenters. The Morgan fingerprint density at radius 3 is 2.62 bits per heavy atom. The van der Waals surface area contributed by atoms with Crippen LogP contribution in [0.15, 0.2) is 48.5 Å². The first-order valence-corrected chi connectivity index (χ1v) is 6.43. The molecule has 0 fully saturated rings. The van der Waals surface area contributed by atoms with Gasteiger partial charge in [0.05, 0.1) is 16.9 Å². The molecule has 1 unspecified atom stereocenters. The van der Waals surface area contributed by atoms with Crippen LogP contribution in [0.2, 0.25) is 0 Å². The topological polar surface area (TPSA) is 88.1 Å². The van der Waals surface area contributed by atoms with Gasteiger partial charge in [0, 0.05) is 0 Å². The maximum Gasteiger partial charge on any atom is 0.265 e. The highest BCUT2D eigenvalue weighted by atomic mass is 16.5. The minimum absolute atomic E-state index is 0.333. The lowest BCUT2D eigenvalue weighted by atomic mass is 10.2. The monoisotopic (exact) mass is 281 g/mol. The molecule has 0 saturated heterocycles. The highest BCUT2D eigenvalue weighted by molar-refractivity contribution is 5.96. The Labute approximate surface area is 123 Å². The molecule has 0 aliphatic carbocycles. The van der Waals surface area contributed by atoms with E-state index in [9.17, 15) is 4.79 Å². The normalized spacial score (nSPS) is 11.2. The van der Waals surface area contributed by atoms with Crippen molar-refractivity contribution < 1.29 is 9.53 Å². The molecule has 2 rings (SSSR count). The van der Waals surface area contributed by atoms with E-state index in [0.29, 0.717) is 22.7 Å². The number of nitrogen functional groups attached to an aromatic ring is 1. The van der Waals surface area contributed by atoms with E-state index in [-0.39, 0.29) is 5.91 Å². The number of benzene rings is 2. The summed E-state index contributed by atoms with van der Waals surface area (Å²) in [5.41, 5.74) is 7.17. The van der Waals surface area contributed by atoms with E-state index in [1.807, 2.05) is 6.07 Å². The van der Waals surface area contributed by atoms with Crippen molar-refractivity contribution in [2.45, 2.75) is 13.0 Å². The lowest BCUT2D eigenvalue weighted by molar-refractivity contribution is -0.122. The van der Waals surface area contributed by atoms with Crippen molar-refractivity contribution in [3.05, 3.63) is 54.1 Å². The Morgan fingerprint density at radius 1 is 1.24 bits per heavy atom. The van der Waals surface area contributed by atoms with Crippen LogP contribution in [0, 0.1) is 11.3 Å². The van der Waals surface area contributed by atoms with Gasteiger partial charge in [-0.15, -0.1) is 0 Å². The van der Waals surface area contributed by atoms with Gasteiger partial charge in [-0.2, -0.15) is 5.26 Å². The summed E-state index contributed by atoms with van der Waals surface area (Å²) in [7, 11) is 0. The van der Waals surface area contributed by atoms with E-state index < -0.39 is 6.10 Å². The molecular weight excluding hydrogens is 266 g/mol. The molecule has 21 heavy (non-hydrogen) atoms. The molecule has 0 radical (unpaired) electrons. The van der Waals surface area contributed by atoms with Crippen molar-refractivity contribution in [2.75, 3.05) is 11.1 Å². The zero-order valence-corrected chi connectivity index (χ0v) is 11.5. The third kappa shape index (κ3) is 3.51. The Morgan fingerprint density at radius 2 is 1.90 bits per heavy atom. The van der Waals surface area contributed by atoms with Gasteiger partial charge < -0.3 is 15.8 Å². The van der Waals surface area contributed by atoms with E-state index in [2.05, 4.69) is 5.32 Å². The number of nitrogens with zero attached hydrogens (tertiary/aromatic N) is 1. The van der Waals surface area contributed by atoms with Crippen molar-refractivity contribution in [1.82, 2.24) is 0 Å². The van der Waals surface area contributed by atoms with Gasteiger partial charge >= 0.3 is 0 Å². The van der Waals surface area contributed by atoms with Crippen LogP contribution in [-0.4, -0.2) is 12.0 Å². The number of rotatable bonds is 4. The van der Waals surface area contributed by atoms with Gasteiger partial charge in [0.15, 0.2) is 6.10 Å². The van der Waals surface area contributed by atoms with Crippen LogP contribution in [0.4, 0.5) is 11.4 Å². The van der Waals surface area contributed by atoms with E-state index in [0.717, 1.165) is 0 Å². The van der Waals surface area contributed by atoms with Crippen molar-refractivity contribution >= 4 is 17.3 Å². The molecule has 0 aliphatic heterocycles. The average molecular weight is 281 g/mol. The van der Waals surface area contributed by atoms with Crippen LogP contribution in [0.3, 0.4) is 0 Å². The minimum atomic E-state index is -0.751. The molecule has 5 heteroatoms. The van der Waals surface area contributed by atoms with E-state index in [4.69, 9.17) is 15.7 Å². The second-order valence-electron chi connectivity index (χ2n) is 4.44. The quantitative estimate of drug-likeness (QED) is 0.843. The molecule has 2 aromatic rings. The first-order valence-electron chi connectivity index (χ1n) is 6.43. The van der Waals surface area contributed by atoms with Crippen LogP contribution >= 0.6 is 0 Å². The van der Waals surface area contributed by atoms with Crippen LogP contribution in [0.5, 0.6) is 5.75 Å². The fourth-order valence-corrected chi connectivity index (χ4v) is 1.75. The largest absolute Gasteiger partial charge is 0.480 e. The number of para-hydroxylation sites is 3. The minimum Gasteiger partial charge on any atom is -0.480 e. The SMILES string of the molecule is CC(Oc1ccccc1C#N)C(=O)Nc1ccccc1N. The molecule has 1 amide bonds. The van der Waals surface area contributed by atoms with Crippen LogP contribution in [0.1, 0.15) is 12.5 Å². The lowest BCUT2D eigenvalue weighted by Crippen LogP contribution is -2.30. The van der Waals surface area contributed by atoms with Crippen molar-refractivity contribution in [3.63, 3.8) is 0 Å². The summed E-state index contributed by atoms with van der Waals surface area (Å²) in [5, 5.41) is 11.7. The molecule has 0 heterocycles. The molecule has 0 aromatic heterocycles. The summed E-state index contributed by atoms with van der Waals surface area (Å²) in [4.78, 5) is 12.1. The first kappa shape index (κ1) is 14.4. The molecule has 5 nitrogen and oxygen atoms in total. The second kappa shape index (κ2) is 6.44. The number of anilines is 2. The number of hydrogen-bond donors (Lipinski definition) is 2. The standard InChI is InChI=1S/C16H15N3O2/c1-11(21-15-9-5-2-6-12(15)10-17)16(20)19-14-8-4-3-7-13(14)18/h2-9,11H,18H2,1H3,(H,19,20). The lowest BCUT2D eigenvalue weighted by Gasteiger charge is -2.16. The Bertz CT molecular complexity index is 692. The fourth-order valence-electron chi connectivity index (χ4n) is 1.75. The molecule has 0 spiro atoms. The Hall–Kier alpha value is -3.00. The maximum absolute atomic E-state index is 12.1. The van der Waals surface area contributed by atoms with Gasteiger partial charge in [0.2, 0.25) is 0 Å². The van der Waals surface area contributed by atoms with E-state index in [1.54, 1.807) is 55.5 Å². The van der Waals surface area contributed by atoms with Gasteiger partial charge in [-0.25, -0.2) is 0 Å². The Balaban J connectivity index is 2.07. The van der Waals surface area contributed by atoms with Crippen molar-refractivity contribution in [3.8, 4) is 11.8 Å². The summed E-state index contributed by atoms with van der Waals surface area (Å²) in [6.45, 7) is 1.61. The summed E-state index contributed by atoms with van der Waals surface area (Å²) in [6, 6.07) is 15.8. The molecule has 0 aliphatic rings. The molecule has 3 N–H and O–H groups in total. The Kier molecular flexibility index (Phi) is 4.42. The van der Waals surface area contributed by atoms with Crippen molar-refractivity contribution in [1.29, 1.82) is 5.26 Å². The average Bonchev–Trinajstić information content (AvgIpc) is 2.50. The van der Waals surface area contributed by atoms with Crippen LogP contribution in [0.25, 0.3) is 0 Å². The number of carbonyl (C=O) groups excluding carboxylic acids is 1. The molecule has 0 bridgehead atoms. The van der Waals surface area contributed by atoms with Crippen molar-refractivity contribution in [2.24, 2.45) is 0 Å². The van der Waals surface area contributed by atoms with E-state index >= 15 is 0 Å². The number of carbonyl (C=O) groups is 1. The zero-order chi connectivity index (χ0) is 15.2. The van der Waals surface area contributed by atoms with Gasteiger partial charge in [0.25, 0.3) is 5.91 Å². The highest BCUT2D eigenvalue weighted by Gasteiger charge is 2.17. The predicted molar refractivity (Wildman–Crippen MR) is 80.7 cm³/mol. The van der Waals surface area contributed by atoms with Gasteiger partial charge in [0.1, 0.15) is 11.8 Å². The highest BCUT2D eigenvalue weighted by Crippen LogP contribution is 2.20.